The quantitative estimate of drug-likeness (QED) is 0.0558. The van der Waals surface area contributed by atoms with Gasteiger partial charge in [0.15, 0.2) is 5.90 Å². The van der Waals surface area contributed by atoms with Crippen molar-refractivity contribution in [3.8, 4) is 24.2 Å². The molecule has 57 heavy (non-hydrogen) atoms. The van der Waals surface area contributed by atoms with E-state index in [1.807, 2.05) is 32.9 Å². The first-order valence-corrected chi connectivity index (χ1v) is 20.9. The average molecular weight is 790 g/mol. The van der Waals surface area contributed by atoms with Gasteiger partial charge in [0.2, 0.25) is 0 Å². The number of rotatable bonds is 9. The molecular weight excluding hydrogens is 707 g/mol. The first kappa shape index (κ1) is 53.7. The molecule has 1 saturated carbocycles. The molecule has 0 spiro atoms. The summed E-state index contributed by atoms with van der Waals surface area (Å²) in [4.78, 5) is 6.77. The number of azide groups is 1. The molecule has 1 aliphatic heterocycles. The third-order valence-electron chi connectivity index (χ3n) is 8.42. The van der Waals surface area contributed by atoms with Gasteiger partial charge in [-0.05, 0) is 164 Å². The van der Waals surface area contributed by atoms with Crippen molar-refractivity contribution in [3.63, 3.8) is 0 Å². The summed E-state index contributed by atoms with van der Waals surface area (Å²) >= 11 is 0. The second-order valence-corrected chi connectivity index (χ2v) is 20.0. The molecule has 1 aromatic carbocycles. The molecule has 2 bridgehead atoms. The van der Waals surface area contributed by atoms with Crippen LogP contribution >= 0.6 is 0 Å². The van der Waals surface area contributed by atoms with Crippen LogP contribution in [0.4, 0.5) is 0 Å². The predicted molar refractivity (Wildman–Crippen MR) is 246 cm³/mol. The van der Waals surface area contributed by atoms with E-state index < -0.39 is 0 Å². The number of benzene rings is 1. The van der Waals surface area contributed by atoms with E-state index in [0.717, 1.165) is 68.4 Å². The van der Waals surface area contributed by atoms with Crippen LogP contribution in [0.3, 0.4) is 0 Å². The van der Waals surface area contributed by atoms with E-state index in [1.165, 1.54) is 24.9 Å². The lowest BCUT2D eigenvalue weighted by Crippen LogP contribution is -2.39. The van der Waals surface area contributed by atoms with Crippen molar-refractivity contribution in [2.45, 2.75) is 164 Å². The van der Waals surface area contributed by atoms with Gasteiger partial charge in [-0.3, -0.25) is 4.99 Å². The maximum absolute atomic E-state index is 7.88. The molecule has 10 heteroatoms. The Labute approximate surface area is 350 Å². The van der Waals surface area contributed by atoms with E-state index in [9.17, 15) is 0 Å². The molecule has 0 aromatic heterocycles. The molecular formula is C47H83N9O. The molecule has 3 aliphatic rings. The van der Waals surface area contributed by atoms with E-state index in [2.05, 4.69) is 174 Å². The summed E-state index contributed by atoms with van der Waals surface area (Å²) < 4.78 is 5.24. The van der Waals surface area contributed by atoms with Crippen LogP contribution in [-0.2, 0) is 11.3 Å². The van der Waals surface area contributed by atoms with Crippen molar-refractivity contribution in [1.29, 1.82) is 0 Å². The lowest BCUT2D eigenvalue weighted by atomic mass is 9.92. The normalized spacial score (nSPS) is 18.2. The lowest BCUT2D eigenvalue weighted by molar-refractivity contribution is 0.330. The van der Waals surface area contributed by atoms with Crippen molar-refractivity contribution in [2.75, 3.05) is 39.5 Å². The number of nitrogens with zero attached hydrogens (tertiary/aromatic N) is 4. The van der Waals surface area contributed by atoms with Crippen molar-refractivity contribution in [2.24, 2.45) is 27.9 Å². The fraction of sp³-hybridized carbons (Fsp3) is 0.723. The van der Waals surface area contributed by atoms with Gasteiger partial charge in [0, 0.05) is 51.1 Å². The van der Waals surface area contributed by atoms with E-state index in [0.29, 0.717) is 6.67 Å². The topological polar surface area (TPSA) is 130 Å². The molecule has 322 valence electrons. The van der Waals surface area contributed by atoms with E-state index >= 15 is 0 Å². The minimum Gasteiger partial charge on any atom is -0.478 e. The zero-order chi connectivity index (χ0) is 43.8. The van der Waals surface area contributed by atoms with Crippen LogP contribution in [-0.4, -0.2) is 73.0 Å². The van der Waals surface area contributed by atoms with Crippen LogP contribution in [0.1, 0.15) is 141 Å². The highest BCUT2D eigenvalue weighted by molar-refractivity contribution is 5.79. The Morgan fingerprint density at radius 1 is 0.754 bits per heavy atom. The summed E-state index contributed by atoms with van der Waals surface area (Å²) in [5, 5.41) is 20.0. The predicted octanol–water partition coefficient (Wildman–Crippen LogP) is 9.38. The van der Waals surface area contributed by atoms with Gasteiger partial charge in [0.25, 0.3) is 0 Å². The largest absolute Gasteiger partial charge is 0.478 e. The number of ether oxygens (including phenoxy) is 1. The number of terminal acetylenes is 1. The third-order valence-corrected chi connectivity index (χ3v) is 8.42. The molecule has 0 saturated heterocycles. The highest BCUT2D eigenvalue weighted by atomic mass is 16.5. The first-order valence-electron chi connectivity index (χ1n) is 20.9. The Kier molecular flexibility index (Phi) is 25.1. The van der Waals surface area contributed by atoms with Crippen molar-refractivity contribution >= 4 is 5.90 Å². The summed E-state index contributed by atoms with van der Waals surface area (Å²) in [6.45, 7) is 39.7. The molecule has 1 heterocycles. The van der Waals surface area contributed by atoms with Crippen LogP contribution < -0.4 is 26.6 Å². The van der Waals surface area contributed by atoms with Gasteiger partial charge in [-0.15, -0.1) is 12.3 Å². The summed E-state index contributed by atoms with van der Waals surface area (Å²) in [5.41, 5.74) is 10.9. The molecule has 1 fully saturated rings. The van der Waals surface area contributed by atoms with Gasteiger partial charge in [-0.1, -0.05) is 48.2 Å². The number of fused-ring (bicyclic) bond motifs is 2. The van der Waals surface area contributed by atoms with Crippen LogP contribution in [0.5, 0.6) is 0 Å². The Morgan fingerprint density at radius 2 is 1.32 bits per heavy atom. The second kappa shape index (κ2) is 26.6. The highest BCUT2D eigenvalue weighted by Crippen LogP contribution is 2.43. The third kappa shape index (κ3) is 33.3. The van der Waals surface area contributed by atoms with Crippen LogP contribution in [0.2, 0.25) is 0 Å². The number of hydrogen-bond donors (Lipinski definition) is 5. The van der Waals surface area contributed by atoms with Crippen LogP contribution in [0, 0.1) is 41.9 Å². The summed E-state index contributed by atoms with van der Waals surface area (Å²) in [5.74, 6) is 12.2. The van der Waals surface area contributed by atoms with Crippen LogP contribution in [0.25, 0.3) is 10.4 Å². The summed E-state index contributed by atoms with van der Waals surface area (Å²) in [6, 6.07) is 8.07. The molecule has 4 rings (SSSR count). The van der Waals surface area contributed by atoms with Crippen molar-refractivity contribution in [3.05, 3.63) is 58.0 Å². The molecule has 0 radical (unpaired) electrons. The Hall–Kier alpha value is -3.34. The van der Waals surface area contributed by atoms with E-state index in [1.54, 1.807) is 0 Å². The second-order valence-electron chi connectivity index (χ2n) is 20.0. The van der Waals surface area contributed by atoms with Crippen molar-refractivity contribution in [1.82, 2.24) is 26.6 Å². The standard InChI is InChI=1S/C13H17N.C12H21N.C9H17N.C8H16N2O.C5H12N4/c1-5-11-6-8-12(9-7-11)10-14-13(2,3)4;1-12(2,3)13-8-11-7-9-4-5-10(11)6-9;1-5-6-7-8-10-9(2,3)4;1-8(2,3)10-6-7-9-4-5-11-7;1-5(2,3)7-4-8-9-6/h1,6-9,14H,10H2,2-4H3;4-5,9-11,13H,6-8H2,1-3H3;10H,5,8H2,1-4H3;10H,4-6H2,1-3H3;7H,4H2,1-3H3. The molecule has 0 amide bonds. The maximum Gasteiger partial charge on any atom is 0.197 e. The van der Waals surface area contributed by atoms with Crippen LogP contribution in [0.15, 0.2) is 46.5 Å². The van der Waals surface area contributed by atoms with Gasteiger partial charge in [0.05, 0.1) is 26.3 Å². The maximum atomic E-state index is 7.88. The molecule has 3 atom stereocenters. The summed E-state index contributed by atoms with van der Waals surface area (Å²) in [6.07, 6.45) is 13.9. The fourth-order valence-electron chi connectivity index (χ4n) is 5.28. The Morgan fingerprint density at radius 3 is 1.74 bits per heavy atom. The van der Waals surface area contributed by atoms with Gasteiger partial charge in [-0.25, -0.2) is 0 Å². The zero-order valence-corrected chi connectivity index (χ0v) is 39.0. The number of nitrogens with one attached hydrogen (secondary N) is 5. The monoisotopic (exact) mass is 790 g/mol. The number of aliphatic imine (C=N–C) groups is 1. The zero-order valence-electron chi connectivity index (χ0n) is 39.0. The van der Waals surface area contributed by atoms with Crippen molar-refractivity contribution < 1.29 is 4.74 Å². The molecule has 5 N–H and O–H groups in total. The van der Waals surface area contributed by atoms with Gasteiger partial charge in [-0.2, -0.15) is 0 Å². The SMILES string of the molecule is C#Cc1ccc(CNC(C)(C)C)cc1.CC(C)(C)NCC1=NCCO1.CC(C)(C)NCC1CC2C=CC1C2.CC(C)(C)NCN=[N+]=[N-].CCC#CCNC(C)(C)C. The fourth-order valence-corrected chi connectivity index (χ4v) is 5.28. The number of allylic oxidation sites excluding steroid dienone is 2. The van der Waals surface area contributed by atoms with E-state index in [4.69, 9.17) is 16.7 Å². The minimum absolute atomic E-state index is 0.0359. The first-order chi connectivity index (χ1) is 26.3. The Balaban J connectivity index is 0.000000695. The highest BCUT2D eigenvalue weighted by Gasteiger charge is 2.35. The molecule has 2 aliphatic carbocycles. The average Bonchev–Trinajstić information content (AvgIpc) is 3.87. The van der Waals surface area contributed by atoms with Gasteiger partial charge < -0.3 is 31.3 Å². The lowest BCUT2D eigenvalue weighted by Gasteiger charge is -2.26. The molecule has 1 aromatic rings. The smallest absolute Gasteiger partial charge is 0.197 e. The number of hydrogen-bond acceptors (Lipinski definition) is 8. The minimum atomic E-state index is 0.0359. The van der Waals surface area contributed by atoms with Gasteiger partial charge in [0.1, 0.15) is 6.61 Å². The molecule has 3 unspecified atom stereocenters. The van der Waals surface area contributed by atoms with E-state index in [-0.39, 0.29) is 27.7 Å². The Bertz CT molecular complexity index is 1460. The summed E-state index contributed by atoms with van der Waals surface area (Å²) in [7, 11) is 0. The molecule has 10 nitrogen and oxygen atoms in total. The van der Waals surface area contributed by atoms with Gasteiger partial charge >= 0.3 is 0 Å².